The third-order valence-electron chi connectivity index (χ3n) is 3.79. The van der Waals surface area contributed by atoms with Gasteiger partial charge in [-0.3, -0.25) is 4.98 Å². The lowest BCUT2D eigenvalue weighted by molar-refractivity contribution is 0.246. The van der Waals surface area contributed by atoms with E-state index in [0.29, 0.717) is 22.5 Å². The Kier molecular flexibility index (Phi) is 4.65. The first-order chi connectivity index (χ1) is 11.9. The molecule has 0 fully saturated rings. The van der Waals surface area contributed by atoms with Gasteiger partial charge in [-0.25, -0.2) is 17.8 Å². The largest absolute Gasteiger partial charge is 0.371 e. The molecule has 1 aromatic carbocycles. The first kappa shape index (κ1) is 17.2. The SMILES string of the molecule is CCS(=O)(=O)C(O)c1nc(-c2ccc(F)cc2)c(-c2ccncc2)[nH]1. The summed E-state index contributed by atoms with van der Waals surface area (Å²) in [6.07, 6.45) is 3.17. The first-order valence-corrected chi connectivity index (χ1v) is 9.30. The maximum atomic E-state index is 13.2. The third kappa shape index (κ3) is 3.45. The van der Waals surface area contributed by atoms with Gasteiger partial charge in [-0.05, 0) is 36.4 Å². The van der Waals surface area contributed by atoms with Gasteiger partial charge in [0.2, 0.25) is 5.44 Å². The number of hydrogen-bond donors (Lipinski definition) is 2. The van der Waals surface area contributed by atoms with Crippen LogP contribution in [0.4, 0.5) is 4.39 Å². The van der Waals surface area contributed by atoms with Gasteiger partial charge in [-0.2, -0.15) is 0 Å². The highest BCUT2D eigenvalue weighted by Crippen LogP contribution is 2.32. The van der Waals surface area contributed by atoms with E-state index in [1.807, 2.05) is 0 Å². The second-order valence-corrected chi connectivity index (χ2v) is 7.74. The molecule has 0 saturated heterocycles. The van der Waals surface area contributed by atoms with Crippen molar-refractivity contribution < 1.29 is 17.9 Å². The van der Waals surface area contributed by atoms with E-state index < -0.39 is 21.1 Å². The third-order valence-corrected chi connectivity index (χ3v) is 5.49. The van der Waals surface area contributed by atoms with Crippen LogP contribution in [0.5, 0.6) is 0 Å². The van der Waals surface area contributed by atoms with Gasteiger partial charge in [0.25, 0.3) is 0 Å². The van der Waals surface area contributed by atoms with Crippen molar-refractivity contribution in [3.8, 4) is 22.5 Å². The molecule has 0 aliphatic carbocycles. The van der Waals surface area contributed by atoms with Crippen LogP contribution in [0, 0.1) is 5.82 Å². The highest BCUT2D eigenvalue weighted by atomic mass is 32.2. The van der Waals surface area contributed by atoms with Gasteiger partial charge in [0, 0.05) is 23.5 Å². The number of halogens is 1. The number of aromatic nitrogens is 3. The van der Waals surface area contributed by atoms with Crippen molar-refractivity contribution in [2.24, 2.45) is 0 Å². The molecule has 25 heavy (non-hydrogen) atoms. The molecule has 2 aromatic heterocycles. The molecule has 1 atom stereocenters. The van der Waals surface area contributed by atoms with Gasteiger partial charge in [-0.1, -0.05) is 6.92 Å². The fraction of sp³-hybridized carbons (Fsp3) is 0.176. The number of pyridine rings is 1. The van der Waals surface area contributed by atoms with Crippen LogP contribution in [0.25, 0.3) is 22.5 Å². The molecule has 0 spiro atoms. The molecular weight excluding hydrogens is 345 g/mol. The Hall–Kier alpha value is -2.58. The molecule has 1 unspecified atom stereocenters. The maximum absolute atomic E-state index is 13.2. The van der Waals surface area contributed by atoms with Gasteiger partial charge < -0.3 is 10.1 Å². The molecule has 0 aliphatic rings. The number of nitrogens with one attached hydrogen (secondary N) is 1. The normalized spacial score (nSPS) is 12.9. The van der Waals surface area contributed by atoms with Gasteiger partial charge in [0.1, 0.15) is 5.82 Å². The summed E-state index contributed by atoms with van der Waals surface area (Å²) in [6.45, 7) is 1.45. The summed E-state index contributed by atoms with van der Waals surface area (Å²) in [6, 6.07) is 9.12. The van der Waals surface area contributed by atoms with E-state index in [2.05, 4.69) is 15.0 Å². The van der Waals surface area contributed by atoms with Crippen LogP contribution in [0.15, 0.2) is 48.8 Å². The number of aliphatic hydroxyl groups excluding tert-OH is 1. The molecule has 130 valence electrons. The Morgan fingerprint density at radius 3 is 2.36 bits per heavy atom. The minimum Gasteiger partial charge on any atom is -0.371 e. The fourth-order valence-electron chi connectivity index (χ4n) is 2.38. The van der Waals surface area contributed by atoms with Crippen LogP contribution in [-0.2, 0) is 9.84 Å². The monoisotopic (exact) mass is 361 g/mol. The lowest BCUT2D eigenvalue weighted by Gasteiger charge is -2.06. The molecule has 8 heteroatoms. The summed E-state index contributed by atoms with van der Waals surface area (Å²) in [5.74, 6) is -0.683. The zero-order chi connectivity index (χ0) is 18.0. The zero-order valence-corrected chi connectivity index (χ0v) is 14.2. The van der Waals surface area contributed by atoms with Crippen LogP contribution in [0.1, 0.15) is 18.2 Å². The molecule has 3 aromatic rings. The highest BCUT2D eigenvalue weighted by Gasteiger charge is 2.27. The number of hydrogen-bond acceptors (Lipinski definition) is 5. The van der Waals surface area contributed by atoms with E-state index in [9.17, 15) is 17.9 Å². The van der Waals surface area contributed by atoms with E-state index in [-0.39, 0.29) is 11.6 Å². The molecule has 0 aliphatic heterocycles. The molecule has 0 radical (unpaired) electrons. The average Bonchev–Trinajstić information content (AvgIpc) is 3.07. The van der Waals surface area contributed by atoms with E-state index in [4.69, 9.17) is 0 Å². The predicted octanol–water partition coefficient (Wildman–Crippen LogP) is 2.70. The summed E-state index contributed by atoms with van der Waals surface area (Å²) >= 11 is 0. The van der Waals surface area contributed by atoms with Crippen molar-refractivity contribution >= 4 is 9.84 Å². The number of benzene rings is 1. The fourth-order valence-corrected chi connectivity index (χ4v) is 3.15. The summed E-state index contributed by atoms with van der Waals surface area (Å²) in [7, 11) is -3.74. The Labute approximate surface area is 144 Å². The van der Waals surface area contributed by atoms with Crippen molar-refractivity contribution in [1.82, 2.24) is 15.0 Å². The van der Waals surface area contributed by atoms with E-state index in [1.165, 1.54) is 19.1 Å². The summed E-state index contributed by atoms with van der Waals surface area (Å²) < 4.78 is 37.1. The minimum atomic E-state index is -3.74. The van der Waals surface area contributed by atoms with Crippen molar-refractivity contribution in [3.63, 3.8) is 0 Å². The van der Waals surface area contributed by atoms with Crippen LogP contribution in [0.2, 0.25) is 0 Å². The van der Waals surface area contributed by atoms with Crippen molar-refractivity contribution in [2.45, 2.75) is 12.4 Å². The van der Waals surface area contributed by atoms with E-state index >= 15 is 0 Å². The number of rotatable bonds is 5. The average molecular weight is 361 g/mol. The van der Waals surface area contributed by atoms with Crippen LogP contribution < -0.4 is 0 Å². The molecule has 0 bridgehead atoms. The van der Waals surface area contributed by atoms with E-state index in [0.717, 1.165) is 0 Å². The molecule has 3 rings (SSSR count). The van der Waals surface area contributed by atoms with E-state index in [1.54, 1.807) is 36.7 Å². The molecular formula is C17H16FN3O3S. The Morgan fingerprint density at radius 2 is 1.76 bits per heavy atom. The lowest BCUT2D eigenvalue weighted by atomic mass is 10.1. The maximum Gasteiger partial charge on any atom is 0.213 e. The zero-order valence-electron chi connectivity index (χ0n) is 13.3. The number of sulfone groups is 1. The second-order valence-electron chi connectivity index (χ2n) is 5.39. The highest BCUT2D eigenvalue weighted by molar-refractivity contribution is 7.91. The van der Waals surface area contributed by atoms with Crippen LogP contribution in [-0.4, -0.2) is 34.2 Å². The Bertz CT molecular complexity index is 970. The topological polar surface area (TPSA) is 95.9 Å². The van der Waals surface area contributed by atoms with Gasteiger partial charge in [-0.15, -0.1) is 0 Å². The lowest BCUT2D eigenvalue weighted by Crippen LogP contribution is -2.16. The van der Waals surface area contributed by atoms with Gasteiger partial charge >= 0.3 is 0 Å². The molecule has 2 N–H and O–H groups in total. The molecule has 6 nitrogen and oxygen atoms in total. The second kappa shape index (κ2) is 6.73. The standard InChI is InChI=1S/C17H16FN3O3S/c1-2-25(23,24)17(22)16-20-14(11-3-5-13(18)6-4-11)15(21-16)12-7-9-19-10-8-12/h3-10,17,22H,2H2,1H3,(H,20,21). The minimum absolute atomic E-state index is 0.0759. The van der Waals surface area contributed by atoms with Crippen LogP contribution >= 0.6 is 0 Å². The van der Waals surface area contributed by atoms with Crippen LogP contribution in [0.3, 0.4) is 0 Å². The Morgan fingerprint density at radius 1 is 1.12 bits per heavy atom. The summed E-state index contributed by atoms with van der Waals surface area (Å²) in [5.41, 5.74) is 0.499. The van der Waals surface area contributed by atoms with Gasteiger partial charge in [0.05, 0.1) is 17.1 Å². The molecule has 0 amide bonds. The summed E-state index contributed by atoms with van der Waals surface area (Å²) in [4.78, 5) is 11.1. The number of nitrogens with zero attached hydrogens (tertiary/aromatic N) is 2. The van der Waals surface area contributed by atoms with Gasteiger partial charge in [0.15, 0.2) is 15.7 Å². The first-order valence-electron chi connectivity index (χ1n) is 7.58. The molecule has 2 heterocycles. The van der Waals surface area contributed by atoms with Crippen molar-refractivity contribution in [2.75, 3.05) is 5.75 Å². The number of imidazole rings is 1. The number of aromatic amines is 1. The predicted molar refractivity (Wildman–Crippen MR) is 91.6 cm³/mol. The number of H-pyrrole nitrogens is 1. The Balaban J connectivity index is 2.17. The summed E-state index contributed by atoms with van der Waals surface area (Å²) in [5, 5.41) is 10.2. The quantitative estimate of drug-likeness (QED) is 0.728. The van der Waals surface area contributed by atoms with Crippen molar-refractivity contribution in [1.29, 1.82) is 0 Å². The van der Waals surface area contributed by atoms with Crippen molar-refractivity contribution in [3.05, 3.63) is 60.4 Å². The number of aliphatic hydroxyl groups is 1. The smallest absolute Gasteiger partial charge is 0.213 e. The molecule has 0 saturated carbocycles.